The summed E-state index contributed by atoms with van der Waals surface area (Å²) in [4.78, 5) is 11.8. The zero-order chi connectivity index (χ0) is 11.7. The minimum absolute atomic E-state index is 0.190. The van der Waals surface area contributed by atoms with Crippen molar-refractivity contribution in [2.45, 2.75) is 32.2 Å². The monoisotopic (exact) mass is 285 g/mol. The molecule has 0 spiro atoms. The van der Waals surface area contributed by atoms with Crippen LogP contribution in [0.15, 0.2) is 16.6 Å². The summed E-state index contributed by atoms with van der Waals surface area (Å²) in [5.41, 5.74) is 0.905. The maximum absolute atomic E-state index is 13.4. The summed E-state index contributed by atoms with van der Waals surface area (Å²) in [5.74, 6) is -0.544. The van der Waals surface area contributed by atoms with E-state index in [-0.39, 0.29) is 17.8 Å². The molecule has 0 bridgehead atoms. The molecule has 0 heterocycles. The van der Waals surface area contributed by atoms with Crippen LogP contribution in [0.3, 0.4) is 0 Å². The molecule has 0 atom stereocenters. The average Bonchev–Trinajstić information content (AvgIpc) is 2.19. The first-order chi connectivity index (χ1) is 7.58. The number of carbonyl (C=O) groups is 1. The summed E-state index contributed by atoms with van der Waals surface area (Å²) in [6.07, 6.45) is 3.22. The normalized spacial score (nSPS) is 15.7. The zero-order valence-electron chi connectivity index (χ0n) is 9.02. The van der Waals surface area contributed by atoms with Crippen molar-refractivity contribution >= 4 is 21.8 Å². The molecule has 4 heteroatoms. The third-order valence-electron chi connectivity index (χ3n) is 2.98. The second-order valence-corrected chi connectivity index (χ2v) is 5.02. The quantitative estimate of drug-likeness (QED) is 0.889. The van der Waals surface area contributed by atoms with E-state index in [0.717, 1.165) is 19.3 Å². The lowest BCUT2D eigenvalue weighted by molar-refractivity contribution is 0.0916. The molecule has 1 aliphatic carbocycles. The Kier molecular flexibility index (Phi) is 3.28. The highest BCUT2D eigenvalue weighted by Crippen LogP contribution is 2.22. The van der Waals surface area contributed by atoms with Gasteiger partial charge in [-0.1, -0.05) is 15.9 Å². The van der Waals surface area contributed by atoms with Gasteiger partial charge in [0.2, 0.25) is 0 Å². The highest BCUT2D eigenvalue weighted by atomic mass is 79.9. The van der Waals surface area contributed by atoms with E-state index in [1.165, 1.54) is 6.07 Å². The molecule has 1 amide bonds. The van der Waals surface area contributed by atoms with Gasteiger partial charge in [0.15, 0.2) is 0 Å². The highest BCUT2D eigenvalue weighted by Gasteiger charge is 2.20. The molecule has 16 heavy (non-hydrogen) atoms. The molecule has 0 unspecified atom stereocenters. The second-order valence-electron chi connectivity index (χ2n) is 4.17. The van der Waals surface area contributed by atoms with Crippen molar-refractivity contribution in [3.05, 3.63) is 33.5 Å². The second kappa shape index (κ2) is 4.53. The van der Waals surface area contributed by atoms with Gasteiger partial charge in [0.25, 0.3) is 5.91 Å². The van der Waals surface area contributed by atoms with Crippen LogP contribution in [0.5, 0.6) is 0 Å². The SMILES string of the molecule is Cc1c(F)cc(C(=O)NC2CCC2)cc1Br. The van der Waals surface area contributed by atoms with Crippen LogP contribution in [0.25, 0.3) is 0 Å². The Balaban J connectivity index is 2.16. The summed E-state index contributed by atoms with van der Waals surface area (Å²) in [5, 5.41) is 2.88. The number of hydrogen-bond acceptors (Lipinski definition) is 1. The maximum atomic E-state index is 13.4. The first kappa shape index (κ1) is 11.6. The van der Waals surface area contributed by atoms with Crippen LogP contribution >= 0.6 is 15.9 Å². The molecule has 1 aliphatic rings. The Hall–Kier alpha value is -0.900. The number of nitrogens with one attached hydrogen (secondary N) is 1. The van der Waals surface area contributed by atoms with Gasteiger partial charge in [-0.25, -0.2) is 4.39 Å². The number of benzene rings is 1. The van der Waals surface area contributed by atoms with Crippen molar-refractivity contribution in [1.29, 1.82) is 0 Å². The van der Waals surface area contributed by atoms with Crippen LogP contribution in [0.1, 0.15) is 35.2 Å². The molecule has 0 saturated heterocycles. The molecule has 0 radical (unpaired) electrons. The molecule has 0 aliphatic heterocycles. The van der Waals surface area contributed by atoms with Crippen molar-refractivity contribution in [2.24, 2.45) is 0 Å². The Morgan fingerprint density at radius 3 is 2.69 bits per heavy atom. The molecule has 1 fully saturated rings. The number of carbonyl (C=O) groups excluding carboxylic acids is 1. The van der Waals surface area contributed by atoms with Crippen molar-refractivity contribution in [2.75, 3.05) is 0 Å². The fraction of sp³-hybridized carbons (Fsp3) is 0.417. The van der Waals surface area contributed by atoms with Gasteiger partial charge in [-0.15, -0.1) is 0 Å². The Morgan fingerprint density at radius 1 is 1.50 bits per heavy atom. The number of amides is 1. The van der Waals surface area contributed by atoms with Gasteiger partial charge in [0.1, 0.15) is 5.82 Å². The Labute approximate surface area is 102 Å². The molecule has 2 rings (SSSR count). The fourth-order valence-corrected chi connectivity index (χ4v) is 2.03. The molecular formula is C12H13BrFNO. The fourth-order valence-electron chi connectivity index (χ4n) is 1.60. The predicted octanol–water partition coefficient (Wildman–Crippen LogP) is 3.18. The lowest BCUT2D eigenvalue weighted by Gasteiger charge is -2.26. The first-order valence-corrected chi connectivity index (χ1v) is 6.13. The number of rotatable bonds is 2. The summed E-state index contributed by atoms with van der Waals surface area (Å²) >= 11 is 3.24. The van der Waals surface area contributed by atoms with E-state index >= 15 is 0 Å². The maximum Gasteiger partial charge on any atom is 0.251 e. The van der Waals surface area contributed by atoms with Gasteiger partial charge in [-0.05, 0) is 43.9 Å². The zero-order valence-corrected chi connectivity index (χ0v) is 10.6. The molecule has 1 N–H and O–H groups in total. The van der Waals surface area contributed by atoms with E-state index in [1.807, 2.05) is 0 Å². The van der Waals surface area contributed by atoms with E-state index in [9.17, 15) is 9.18 Å². The van der Waals surface area contributed by atoms with Crippen molar-refractivity contribution in [3.63, 3.8) is 0 Å². The Bertz CT molecular complexity index is 406. The van der Waals surface area contributed by atoms with Gasteiger partial charge < -0.3 is 5.32 Å². The molecule has 1 saturated carbocycles. The summed E-state index contributed by atoms with van der Waals surface area (Å²) in [7, 11) is 0. The largest absolute Gasteiger partial charge is 0.349 e. The number of halogens is 2. The molecule has 1 aromatic carbocycles. The van der Waals surface area contributed by atoms with Crippen molar-refractivity contribution < 1.29 is 9.18 Å². The minimum atomic E-state index is -0.354. The molecular weight excluding hydrogens is 273 g/mol. The van der Waals surface area contributed by atoms with Gasteiger partial charge in [-0.3, -0.25) is 4.79 Å². The number of hydrogen-bond donors (Lipinski definition) is 1. The van der Waals surface area contributed by atoms with E-state index in [0.29, 0.717) is 15.6 Å². The molecule has 86 valence electrons. The predicted molar refractivity (Wildman–Crippen MR) is 63.9 cm³/mol. The van der Waals surface area contributed by atoms with Gasteiger partial charge in [0.05, 0.1) is 0 Å². The molecule has 0 aromatic heterocycles. The average molecular weight is 286 g/mol. The first-order valence-electron chi connectivity index (χ1n) is 5.34. The van der Waals surface area contributed by atoms with Crippen molar-refractivity contribution in [1.82, 2.24) is 5.32 Å². The summed E-state index contributed by atoms with van der Waals surface area (Å²) in [6, 6.07) is 3.22. The highest BCUT2D eigenvalue weighted by molar-refractivity contribution is 9.10. The smallest absolute Gasteiger partial charge is 0.251 e. The van der Waals surface area contributed by atoms with Crippen LogP contribution in [0.2, 0.25) is 0 Å². The third kappa shape index (κ3) is 2.26. The lowest BCUT2D eigenvalue weighted by atomic mass is 9.93. The van der Waals surface area contributed by atoms with Gasteiger partial charge in [-0.2, -0.15) is 0 Å². The molecule has 2 nitrogen and oxygen atoms in total. The van der Waals surface area contributed by atoms with Gasteiger partial charge in [0, 0.05) is 16.1 Å². The van der Waals surface area contributed by atoms with E-state index in [4.69, 9.17) is 0 Å². The van der Waals surface area contributed by atoms with Crippen LogP contribution < -0.4 is 5.32 Å². The van der Waals surface area contributed by atoms with E-state index < -0.39 is 0 Å². The van der Waals surface area contributed by atoms with Crippen LogP contribution in [0.4, 0.5) is 4.39 Å². The molecule has 1 aromatic rings. The minimum Gasteiger partial charge on any atom is -0.349 e. The van der Waals surface area contributed by atoms with E-state index in [1.54, 1.807) is 13.0 Å². The Morgan fingerprint density at radius 2 is 2.19 bits per heavy atom. The van der Waals surface area contributed by atoms with E-state index in [2.05, 4.69) is 21.2 Å². The lowest BCUT2D eigenvalue weighted by Crippen LogP contribution is -2.39. The third-order valence-corrected chi connectivity index (χ3v) is 3.81. The van der Waals surface area contributed by atoms with Crippen molar-refractivity contribution in [3.8, 4) is 0 Å². The van der Waals surface area contributed by atoms with Crippen LogP contribution in [0, 0.1) is 12.7 Å². The topological polar surface area (TPSA) is 29.1 Å². The van der Waals surface area contributed by atoms with Crippen LogP contribution in [-0.4, -0.2) is 11.9 Å². The van der Waals surface area contributed by atoms with Gasteiger partial charge >= 0.3 is 0 Å². The van der Waals surface area contributed by atoms with Crippen LogP contribution in [-0.2, 0) is 0 Å². The summed E-state index contributed by atoms with van der Waals surface area (Å²) in [6.45, 7) is 1.67. The standard InChI is InChI=1S/C12H13BrFNO/c1-7-10(13)5-8(6-11(7)14)12(16)15-9-3-2-4-9/h5-6,9H,2-4H2,1H3,(H,15,16). The summed E-state index contributed by atoms with van der Waals surface area (Å²) < 4.78 is 14.1.